The van der Waals surface area contributed by atoms with Crippen molar-refractivity contribution in [2.45, 2.75) is 25.3 Å². The minimum atomic E-state index is -0.468. The first kappa shape index (κ1) is 15.0. The highest BCUT2D eigenvalue weighted by molar-refractivity contribution is 6.31. The number of nitrogens with zero attached hydrogens (tertiary/aromatic N) is 3. The van der Waals surface area contributed by atoms with Crippen molar-refractivity contribution in [1.29, 1.82) is 0 Å². The van der Waals surface area contributed by atoms with Gasteiger partial charge in [0.15, 0.2) is 0 Å². The fourth-order valence-corrected chi connectivity index (χ4v) is 2.73. The molecule has 0 radical (unpaired) electrons. The van der Waals surface area contributed by atoms with Crippen molar-refractivity contribution in [3.05, 3.63) is 46.8 Å². The van der Waals surface area contributed by atoms with Gasteiger partial charge in [0.1, 0.15) is 18.0 Å². The number of amides is 1. The molecule has 7 heteroatoms. The van der Waals surface area contributed by atoms with Crippen molar-refractivity contribution in [1.82, 2.24) is 20.1 Å². The molecule has 2 aromatic rings. The Morgan fingerprint density at radius 3 is 2.91 bits per heavy atom. The molecule has 0 saturated heterocycles. The van der Waals surface area contributed by atoms with Crippen molar-refractivity contribution in [2.75, 3.05) is 0 Å². The molecule has 1 fully saturated rings. The molecular weight excluding hydrogens is 307 g/mol. The Balaban J connectivity index is 1.74. The number of aryl methyl sites for hydroxylation is 1. The zero-order valence-corrected chi connectivity index (χ0v) is 12.8. The molecule has 22 heavy (non-hydrogen) atoms. The van der Waals surface area contributed by atoms with Crippen LogP contribution in [0.15, 0.2) is 24.5 Å². The number of carbonyl (C=O) groups excluding carboxylic acids is 1. The van der Waals surface area contributed by atoms with Gasteiger partial charge in [-0.1, -0.05) is 17.7 Å². The van der Waals surface area contributed by atoms with Gasteiger partial charge in [-0.25, -0.2) is 9.37 Å². The van der Waals surface area contributed by atoms with Gasteiger partial charge in [-0.15, -0.1) is 0 Å². The van der Waals surface area contributed by atoms with Crippen LogP contribution >= 0.6 is 11.6 Å². The number of carbonyl (C=O) groups is 1. The van der Waals surface area contributed by atoms with Gasteiger partial charge in [0.05, 0.1) is 12.5 Å². The van der Waals surface area contributed by atoms with E-state index < -0.39 is 5.82 Å². The van der Waals surface area contributed by atoms with E-state index in [1.54, 1.807) is 17.8 Å². The van der Waals surface area contributed by atoms with Crippen LogP contribution in [0.3, 0.4) is 0 Å². The Morgan fingerprint density at radius 1 is 1.55 bits per heavy atom. The van der Waals surface area contributed by atoms with E-state index in [4.69, 9.17) is 11.6 Å². The Bertz CT molecular complexity index is 678. The first-order chi connectivity index (χ1) is 10.6. The number of benzene rings is 1. The molecule has 0 bridgehead atoms. The molecule has 1 aliphatic carbocycles. The van der Waals surface area contributed by atoms with Crippen LogP contribution in [0, 0.1) is 11.7 Å². The van der Waals surface area contributed by atoms with Crippen molar-refractivity contribution in [2.24, 2.45) is 13.0 Å². The van der Waals surface area contributed by atoms with Gasteiger partial charge in [-0.05, 0) is 30.9 Å². The molecule has 0 spiro atoms. The second-order valence-corrected chi connectivity index (χ2v) is 5.91. The van der Waals surface area contributed by atoms with Gasteiger partial charge in [0.25, 0.3) is 0 Å². The van der Waals surface area contributed by atoms with E-state index in [1.165, 1.54) is 18.5 Å². The summed E-state index contributed by atoms with van der Waals surface area (Å²) in [7, 11) is 1.79. The van der Waals surface area contributed by atoms with Crippen molar-refractivity contribution in [3.8, 4) is 0 Å². The van der Waals surface area contributed by atoms with Crippen LogP contribution in [0.25, 0.3) is 0 Å². The fourth-order valence-electron chi connectivity index (χ4n) is 2.50. The summed E-state index contributed by atoms with van der Waals surface area (Å²) in [6, 6.07) is 4.21. The summed E-state index contributed by atoms with van der Waals surface area (Å²) in [6.07, 6.45) is 3.45. The average molecular weight is 323 g/mol. The topological polar surface area (TPSA) is 59.8 Å². The van der Waals surface area contributed by atoms with Crippen LogP contribution in [-0.2, 0) is 18.3 Å². The minimum Gasteiger partial charge on any atom is -0.346 e. The van der Waals surface area contributed by atoms with Crippen LogP contribution < -0.4 is 5.32 Å². The maximum Gasteiger partial charge on any atom is 0.225 e. The summed E-state index contributed by atoms with van der Waals surface area (Å²) in [4.78, 5) is 16.5. The van der Waals surface area contributed by atoms with Crippen LogP contribution in [-0.4, -0.2) is 20.7 Å². The predicted octanol–water partition coefficient (Wildman–Crippen LogP) is 2.42. The van der Waals surface area contributed by atoms with Gasteiger partial charge in [-0.3, -0.25) is 9.48 Å². The molecular formula is C15H16ClFN4O. The quantitative estimate of drug-likeness (QED) is 0.919. The number of nitrogens with one attached hydrogen (secondary N) is 1. The van der Waals surface area contributed by atoms with E-state index in [2.05, 4.69) is 15.4 Å². The van der Waals surface area contributed by atoms with Gasteiger partial charge in [-0.2, -0.15) is 5.10 Å². The zero-order valence-electron chi connectivity index (χ0n) is 12.1. The SMILES string of the molecule is Cn1ncnc1C(NC(=O)Cc1c(F)cccc1Cl)C1CC1. The van der Waals surface area contributed by atoms with E-state index in [9.17, 15) is 9.18 Å². The van der Waals surface area contributed by atoms with Crippen molar-refractivity contribution >= 4 is 17.5 Å². The number of rotatable bonds is 5. The molecule has 1 N–H and O–H groups in total. The first-order valence-corrected chi connectivity index (χ1v) is 7.50. The number of aromatic nitrogens is 3. The lowest BCUT2D eigenvalue weighted by molar-refractivity contribution is -0.121. The summed E-state index contributed by atoms with van der Waals surface area (Å²) in [5.74, 6) is 0.342. The molecule has 1 heterocycles. The Kier molecular flexibility index (Phi) is 4.11. The summed E-state index contributed by atoms with van der Waals surface area (Å²) in [6.45, 7) is 0. The van der Waals surface area contributed by atoms with Crippen LogP contribution in [0.1, 0.15) is 30.3 Å². The van der Waals surface area contributed by atoms with Crippen LogP contribution in [0.2, 0.25) is 5.02 Å². The zero-order chi connectivity index (χ0) is 15.7. The van der Waals surface area contributed by atoms with Gasteiger partial charge < -0.3 is 5.32 Å². The van der Waals surface area contributed by atoms with Gasteiger partial charge in [0, 0.05) is 17.6 Å². The average Bonchev–Trinajstić information content (AvgIpc) is 3.23. The van der Waals surface area contributed by atoms with Crippen molar-refractivity contribution in [3.63, 3.8) is 0 Å². The number of halogens is 2. The van der Waals surface area contributed by atoms with E-state index in [0.717, 1.165) is 18.7 Å². The Morgan fingerprint density at radius 2 is 2.32 bits per heavy atom. The largest absolute Gasteiger partial charge is 0.346 e. The monoisotopic (exact) mass is 322 g/mol. The third-order valence-corrected chi connectivity index (χ3v) is 4.19. The smallest absolute Gasteiger partial charge is 0.225 e. The van der Waals surface area contributed by atoms with Crippen LogP contribution in [0.5, 0.6) is 0 Å². The second-order valence-electron chi connectivity index (χ2n) is 5.50. The van der Waals surface area contributed by atoms with Gasteiger partial charge >= 0.3 is 0 Å². The molecule has 1 amide bonds. The Hall–Kier alpha value is -1.95. The predicted molar refractivity (Wildman–Crippen MR) is 79.7 cm³/mol. The molecule has 1 atom stereocenters. The van der Waals surface area contributed by atoms with E-state index >= 15 is 0 Å². The number of hydrogen-bond donors (Lipinski definition) is 1. The highest BCUT2D eigenvalue weighted by Gasteiger charge is 2.36. The van der Waals surface area contributed by atoms with E-state index in [-0.39, 0.29) is 29.0 Å². The second kappa shape index (κ2) is 6.04. The summed E-state index contributed by atoms with van der Waals surface area (Å²) in [5.41, 5.74) is 0.217. The molecule has 116 valence electrons. The van der Waals surface area contributed by atoms with Crippen LogP contribution in [0.4, 0.5) is 4.39 Å². The van der Waals surface area contributed by atoms with E-state index in [1.807, 2.05) is 0 Å². The minimum absolute atomic E-state index is 0.0907. The molecule has 1 aliphatic rings. The third-order valence-electron chi connectivity index (χ3n) is 3.83. The lowest BCUT2D eigenvalue weighted by Crippen LogP contribution is -2.33. The third kappa shape index (κ3) is 3.11. The molecule has 3 rings (SSSR count). The molecule has 1 unspecified atom stereocenters. The fraction of sp³-hybridized carbons (Fsp3) is 0.400. The normalized spacial score (nSPS) is 15.6. The van der Waals surface area contributed by atoms with Crippen molar-refractivity contribution < 1.29 is 9.18 Å². The van der Waals surface area contributed by atoms with Gasteiger partial charge in [0.2, 0.25) is 5.91 Å². The lowest BCUT2D eigenvalue weighted by Gasteiger charge is -2.17. The summed E-state index contributed by atoms with van der Waals surface area (Å²) >= 11 is 5.96. The lowest BCUT2D eigenvalue weighted by atomic mass is 10.1. The molecule has 1 aromatic heterocycles. The standard InChI is InChI=1S/C15H16ClFN4O/c1-21-15(18-8-19-21)14(9-5-6-9)20-13(22)7-10-11(16)3-2-4-12(10)17/h2-4,8-9,14H,5-7H2,1H3,(H,20,22). The number of hydrogen-bond acceptors (Lipinski definition) is 3. The molecule has 1 saturated carbocycles. The summed E-state index contributed by atoms with van der Waals surface area (Å²) in [5, 5.41) is 7.24. The Labute approximate surface area is 132 Å². The molecule has 1 aromatic carbocycles. The highest BCUT2D eigenvalue weighted by Crippen LogP contribution is 2.40. The summed E-state index contributed by atoms with van der Waals surface area (Å²) < 4.78 is 15.4. The van der Waals surface area contributed by atoms with E-state index in [0.29, 0.717) is 5.92 Å². The maximum atomic E-state index is 13.8. The highest BCUT2D eigenvalue weighted by atomic mass is 35.5. The molecule has 0 aliphatic heterocycles. The first-order valence-electron chi connectivity index (χ1n) is 7.12. The molecule has 5 nitrogen and oxygen atoms in total. The maximum absolute atomic E-state index is 13.8.